The number of hydrogen-bond acceptors (Lipinski definition) is 4. The molecule has 21 heavy (non-hydrogen) atoms. The van der Waals surface area contributed by atoms with Gasteiger partial charge in [-0.1, -0.05) is 11.6 Å². The quantitative estimate of drug-likeness (QED) is 0.910. The number of benzene rings is 1. The van der Waals surface area contributed by atoms with Crippen LogP contribution >= 0.6 is 11.6 Å². The Morgan fingerprint density at radius 3 is 2.76 bits per heavy atom. The molecule has 0 fully saturated rings. The van der Waals surface area contributed by atoms with E-state index in [1.54, 1.807) is 39.0 Å². The first-order valence-corrected chi connectivity index (χ1v) is 6.75. The summed E-state index contributed by atoms with van der Waals surface area (Å²) in [6.07, 6.45) is -0.526. The largest absolute Gasteiger partial charge is 0.458 e. The molecular weight excluding hydrogens is 292 g/mol. The average Bonchev–Trinajstić information content (AvgIpc) is 2.76. The van der Waals surface area contributed by atoms with Crippen molar-refractivity contribution in [2.75, 3.05) is 0 Å². The van der Waals surface area contributed by atoms with Crippen LogP contribution in [0.15, 0.2) is 22.6 Å². The van der Waals surface area contributed by atoms with E-state index in [2.05, 4.69) is 5.32 Å². The van der Waals surface area contributed by atoms with Crippen molar-refractivity contribution in [1.29, 1.82) is 5.26 Å². The molecule has 1 amide bonds. The highest BCUT2D eigenvalue weighted by molar-refractivity contribution is 6.31. The molecule has 0 bridgehead atoms. The Morgan fingerprint density at radius 1 is 1.43 bits per heavy atom. The smallest absolute Gasteiger partial charge is 0.408 e. The lowest BCUT2D eigenvalue weighted by Gasteiger charge is -2.19. The van der Waals surface area contributed by atoms with Crippen molar-refractivity contribution in [2.45, 2.75) is 32.9 Å². The van der Waals surface area contributed by atoms with Crippen LogP contribution in [0.25, 0.3) is 11.0 Å². The summed E-state index contributed by atoms with van der Waals surface area (Å²) >= 11 is 5.93. The lowest BCUT2D eigenvalue weighted by Crippen LogP contribution is -2.32. The maximum Gasteiger partial charge on any atom is 0.408 e. The second-order valence-electron chi connectivity index (χ2n) is 5.55. The number of fused-ring (bicyclic) bond motifs is 1. The number of carbonyl (C=O) groups excluding carboxylic acids is 1. The minimum atomic E-state index is -0.556. The van der Waals surface area contributed by atoms with E-state index in [-0.39, 0.29) is 6.54 Å². The monoisotopic (exact) mass is 306 g/mol. The topological polar surface area (TPSA) is 75.3 Å². The van der Waals surface area contributed by atoms with Crippen molar-refractivity contribution in [3.05, 3.63) is 34.5 Å². The first-order chi connectivity index (χ1) is 9.78. The number of alkyl carbamates (subject to hydrolysis) is 1. The Hall–Kier alpha value is -2.19. The molecular formula is C15H15ClN2O3. The molecule has 2 aromatic rings. The molecule has 0 aliphatic heterocycles. The summed E-state index contributed by atoms with van der Waals surface area (Å²) in [5, 5.41) is 12.8. The van der Waals surface area contributed by atoms with Crippen LogP contribution in [0.5, 0.6) is 0 Å². The van der Waals surface area contributed by atoms with Crippen LogP contribution in [-0.4, -0.2) is 11.7 Å². The molecule has 110 valence electrons. The van der Waals surface area contributed by atoms with Crippen LogP contribution in [0.4, 0.5) is 4.79 Å². The third-order valence-corrected chi connectivity index (χ3v) is 2.78. The zero-order chi connectivity index (χ0) is 15.6. The molecule has 0 saturated carbocycles. The van der Waals surface area contributed by atoms with Crippen molar-refractivity contribution in [3.8, 4) is 6.07 Å². The minimum absolute atomic E-state index is 0.173. The van der Waals surface area contributed by atoms with Gasteiger partial charge in [0.05, 0.1) is 12.1 Å². The number of nitriles is 1. The molecule has 6 heteroatoms. The maximum absolute atomic E-state index is 11.6. The van der Waals surface area contributed by atoms with Gasteiger partial charge in [-0.25, -0.2) is 4.79 Å². The highest BCUT2D eigenvalue weighted by Gasteiger charge is 2.16. The molecule has 0 atom stereocenters. The summed E-state index contributed by atoms with van der Waals surface area (Å²) in [7, 11) is 0. The number of furan rings is 1. The predicted molar refractivity (Wildman–Crippen MR) is 79.0 cm³/mol. The van der Waals surface area contributed by atoms with E-state index in [1.807, 2.05) is 6.07 Å². The lowest BCUT2D eigenvalue weighted by molar-refractivity contribution is 0.0520. The maximum atomic E-state index is 11.6. The van der Waals surface area contributed by atoms with Gasteiger partial charge in [0.2, 0.25) is 0 Å². The molecule has 2 rings (SSSR count). The Labute approximate surface area is 127 Å². The number of ether oxygens (including phenoxy) is 1. The molecule has 0 saturated heterocycles. The van der Waals surface area contributed by atoms with E-state index in [0.29, 0.717) is 21.9 Å². The van der Waals surface area contributed by atoms with Crippen LogP contribution in [0.1, 0.15) is 32.1 Å². The highest BCUT2D eigenvalue weighted by Crippen LogP contribution is 2.26. The fourth-order valence-corrected chi connectivity index (χ4v) is 2.04. The lowest BCUT2D eigenvalue weighted by atomic mass is 10.2. The summed E-state index contributed by atoms with van der Waals surface area (Å²) < 4.78 is 10.7. The van der Waals surface area contributed by atoms with Gasteiger partial charge in [0.15, 0.2) is 5.58 Å². The Morgan fingerprint density at radius 2 is 2.14 bits per heavy atom. The van der Waals surface area contributed by atoms with E-state index >= 15 is 0 Å². The van der Waals surface area contributed by atoms with Gasteiger partial charge in [-0.15, -0.1) is 0 Å². The molecule has 1 aromatic heterocycles. The molecule has 1 heterocycles. The normalized spacial score (nSPS) is 11.2. The minimum Gasteiger partial charge on any atom is -0.458 e. The molecule has 0 radical (unpaired) electrons. The van der Waals surface area contributed by atoms with Crippen molar-refractivity contribution in [1.82, 2.24) is 5.32 Å². The first-order valence-electron chi connectivity index (χ1n) is 6.37. The number of rotatable bonds is 2. The molecule has 0 unspecified atom stereocenters. The number of carbonyl (C=O) groups is 1. The van der Waals surface area contributed by atoms with Gasteiger partial charge in [0, 0.05) is 10.4 Å². The van der Waals surface area contributed by atoms with Gasteiger partial charge < -0.3 is 14.5 Å². The number of hydrogen-bond donors (Lipinski definition) is 1. The van der Waals surface area contributed by atoms with Gasteiger partial charge in [0.25, 0.3) is 0 Å². The molecule has 1 aromatic carbocycles. The van der Waals surface area contributed by atoms with Gasteiger partial charge in [0.1, 0.15) is 17.4 Å². The molecule has 0 spiro atoms. The third kappa shape index (κ3) is 3.89. The Balaban J connectivity index is 2.14. The predicted octanol–water partition coefficient (Wildman–Crippen LogP) is 3.98. The average molecular weight is 307 g/mol. The summed E-state index contributed by atoms with van der Waals surface area (Å²) in [6, 6.07) is 7.01. The van der Waals surface area contributed by atoms with Gasteiger partial charge in [-0.2, -0.15) is 5.26 Å². The van der Waals surface area contributed by atoms with E-state index in [0.717, 1.165) is 5.39 Å². The van der Waals surface area contributed by atoms with Crippen LogP contribution in [-0.2, 0) is 11.3 Å². The van der Waals surface area contributed by atoms with E-state index in [4.69, 9.17) is 26.0 Å². The van der Waals surface area contributed by atoms with Crippen molar-refractivity contribution in [3.63, 3.8) is 0 Å². The first kappa shape index (κ1) is 15.2. The Kier molecular flexibility index (Phi) is 4.10. The molecule has 1 N–H and O–H groups in total. The van der Waals surface area contributed by atoms with Crippen LogP contribution < -0.4 is 5.32 Å². The Bertz CT molecular complexity index is 723. The zero-order valence-corrected chi connectivity index (χ0v) is 12.7. The van der Waals surface area contributed by atoms with Crippen molar-refractivity contribution < 1.29 is 13.9 Å². The number of nitrogens with zero attached hydrogens (tertiary/aromatic N) is 1. The van der Waals surface area contributed by atoms with Crippen LogP contribution in [0, 0.1) is 11.3 Å². The van der Waals surface area contributed by atoms with Gasteiger partial charge in [-0.3, -0.25) is 0 Å². The highest BCUT2D eigenvalue weighted by atomic mass is 35.5. The number of amides is 1. The van der Waals surface area contributed by atoms with Gasteiger partial charge >= 0.3 is 6.09 Å². The number of halogens is 1. The van der Waals surface area contributed by atoms with Crippen molar-refractivity contribution >= 4 is 28.7 Å². The van der Waals surface area contributed by atoms with Gasteiger partial charge in [-0.05, 0) is 39.0 Å². The summed E-state index contributed by atoms with van der Waals surface area (Å²) in [5.74, 6) is 0.523. The van der Waals surface area contributed by atoms with Crippen molar-refractivity contribution in [2.24, 2.45) is 0 Å². The van der Waals surface area contributed by atoms with Crippen LogP contribution in [0.3, 0.4) is 0 Å². The summed E-state index contributed by atoms with van der Waals surface area (Å²) in [5.41, 5.74) is 0.267. The fraction of sp³-hybridized carbons (Fsp3) is 0.333. The second-order valence-corrected chi connectivity index (χ2v) is 5.99. The number of nitrogens with one attached hydrogen (secondary N) is 1. The second kappa shape index (κ2) is 5.66. The summed E-state index contributed by atoms with van der Waals surface area (Å²) in [6.45, 7) is 5.53. The summed E-state index contributed by atoms with van der Waals surface area (Å²) in [4.78, 5) is 11.6. The fourth-order valence-electron chi connectivity index (χ4n) is 1.81. The third-order valence-electron chi connectivity index (χ3n) is 2.56. The van der Waals surface area contributed by atoms with E-state index in [1.165, 1.54) is 0 Å². The van der Waals surface area contributed by atoms with Crippen LogP contribution in [0.2, 0.25) is 5.02 Å². The standard InChI is InChI=1S/C15H15ClN2O3/c1-15(2,3)21-14(19)18-8-12-6-9-4-11(16)5-10(7-17)13(9)20-12/h4-6H,8H2,1-3H3,(H,18,19). The van der Waals surface area contributed by atoms with E-state index in [9.17, 15) is 4.79 Å². The SMILES string of the molecule is CC(C)(C)OC(=O)NCc1cc2cc(Cl)cc(C#N)c2o1. The molecule has 0 aliphatic rings. The zero-order valence-electron chi connectivity index (χ0n) is 12.0. The molecule has 0 aliphatic carbocycles. The molecule has 5 nitrogen and oxygen atoms in total. The van der Waals surface area contributed by atoms with E-state index < -0.39 is 11.7 Å².